The van der Waals surface area contributed by atoms with E-state index in [1.807, 2.05) is 0 Å². The van der Waals surface area contributed by atoms with Gasteiger partial charge in [-0.25, -0.2) is 0 Å². The average molecular weight is 370 g/mol. The molecule has 0 aromatic heterocycles. The Bertz CT molecular complexity index is 375. The summed E-state index contributed by atoms with van der Waals surface area (Å²) in [4.78, 5) is 16.8. The normalized spacial score (nSPS) is 23.8. The van der Waals surface area contributed by atoms with E-state index in [2.05, 4.69) is 49.7 Å². The fraction of sp³-hybridized carbons (Fsp3) is 0.952. The van der Waals surface area contributed by atoms with E-state index < -0.39 is 6.23 Å². The van der Waals surface area contributed by atoms with Crippen molar-refractivity contribution in [3.05, 3.63) is 0 Å². The molecule has 1 rings (SSSR count). The fourth-order valence-electron chi connectivity index (χ4n) is 4.33. The molecule has 1 aliphatic rings. The number of likely N-dealkylation sites (tertiary alicyclic amines) is 1. The minimum Gasteiger partial charge on any atom is -0.378 e. The number of amides is 1. The molecular weight excluding hydrogens is 326 g/mol. The number of aliphatic hydroxyl groups is 1. The summed E-state index contributed by atoms with van der Waals surface area (Å²) in [7, 11) is 0. The number of aliphatic hydroxyl groups excluding tert-OH is 1. The molecule has 1 aliphatic heterocycles. The average Bonchev–Trinajstić information content (AvgIpc) is 2.53. The second-order valence-corrected chi connectivity index (χ2v) is 8.54. The molecule has 4 unspecified atom stereocenters. The van der Waals surface area contributed by atoms with Crippen LogP contribution in [0.1, 0.15) is 73.1 Å². The summed E-state index contributed by atoms with van der Waals surface area (Å²) < 4.78 is 0. The molecule has 1 fully saturated rings. The van der Waals surface area contributed by atoms with Gasteiger partial charge in [0.2, 0.25) is 5.91 Å². The molecule has 1 heterocycles. The molecule has 0 spiro atoms. The van der Waals surface area contributed by atoms with E-state index in [1.54, 1.807) is 0 Å². The van der Waals surface area contributed by atoms with Crippen LogP contribution in [-0.2, 0) is 4.79 Å². The largest absolute Gasteiger partial charge is 0.378 e. The summed E-state index contributed by atoms with van der Waals surface area (Å²) in [5, 5.41) is 13.5. The Kier molecular flexibility index (Phi) is 11.4. The first kappa shape index (κ1) is 23.4. The van der Waals surface area contributed by atoms with Crippen LogP contribution in [0, 0.1) is 11.8 Å². The lowest BCUT2D eigenvalue weighted by Crippen LogP contribution is -2.47. The molecule has 0 aromatic carbocycles. The summed E-state index contributed by atoms with van der Waals surface area (Å²) in [5.41, 5.74) is 0. The highest BCUT2D eigenvalue weighted by atomic mass is 16.3. The van der Waals surface area contributed by atoms with Gasteiger partial charge in [-0.3, -0.25) is 9.69 Å². The smallest absolute Gasteiger partial charge is 0.220 e. The maximum Gasteiger partial charge on any atom is 0.220 e. The quantitative estimate of drug-likeness (QED) is 0.519. The summed E-state index contributed by atoms with van der Waals surface area (Å²) in [6, 6.07) is 0.182. The van der Waals surface area contributed by atoms with E-state index in [-0.39, 0.29) is 11.9 Å². The standard InChI is InChI=1S/C21H43N3O2/c1-6-11-24(12-7-2)21(26)10-8-9-20(25)22-19(5)16-23-14-17(3)13-18(4)15-23/h17-19,21,26H,6-16H2,1-5H3,(H,22,25). The van der Waals surface area contributed by atoms with Gasteiger partial charge < -0.3 is 15.3 Å². The number of hydrogen-bond donors (Lipinski definition) is 2. The third-order valence-corrected chi connectivity index (χ3v) is 5.19. The molecular formula is C21H43N3O2. The molecule has 154 valence electrons. The molecule has 0 saturated carbocycles. The summed E-state index contributed by atoms with van der Waals surface area (Å²) in [6.07, 6.45) is 4.89. The van der Waals surface area contributed by atoms with Crippen molar-refractivity contribution in [2.45, 2.75) is 85.4 Å². The van der Waals surface area contributed by atoms with Gasteiger partial charge in [0.1, 0.15) is 6.23 Å². The molecule has 0 bridgehead atoms. The minimum atomic E-state index is -0.420. The van der Waals surface area contributed by atoms with Gasteiger partial charge in [0.15, 0.2) is 0 Å². The van der Waals surface area contributed by atoms with Crippen molar-refractivity contribution in [3.63, 3.8) is 0 Å². The van der Waals surface area contributed by atoms with Gasteiger partial charge in [-0.2, -0.15) is 0 Å². The molecule has 2 N–H and O–H groups in total. The van der Waals surface area contributed by atoms with Gasteiger partial charge in [-0.05, 0) is 50.9 Å². The topological polar surface area (TPSA) is 55.8 Å². The summed E-state index contributed by atoms with van der Waals surface area (Å²) in [6.45, 7) is 16.1. The maximum absolute atomic E-state index is 12.2. The second kappa shape index (κ2) is 12.7. The van der Waals surface area contributed by atoms with Crippen LogP contribution in [0.25, 0.3) is 0 Å². The van der Waals surface area contributed by atoms with Crippen LogP contribution in [0.15, 0.2) is 0 Å². The molecule has 4 atom stereocenters. The molecule has 5 nitrogen and oxygen atoms in total. The highest BCUT2D eigenvalue weighted by Gasteiger charge is 2.23. The number of rotatable bonds is 12. The van der Waals surface area contributed by atoms with Gasteiger partial charge >= 0.3 is 0 Å². The van der Waals surface area contributed by atoms with Crippen LogP contribution >= 0.6 is 0 Å². The van der Waals surface area contributed by atoms with E-state index in [0.29, 0.717) is 12.8 Å². The number of piperidine rings is 1. The van der Waals surface area contributed by atoms with Crippen molar-refractivity contribution in [2.24, 2.45) is 11.8 Å². The van der Waals surface area contributed by atoms with Gasteiger partial charge in [0, 0.05) is 45.2 Å². The van der Waals surface area contributed by atoms with Crippen LogP contribution in [0.5, 0.6) is 0 Å². The van der Waals surface area contributed by atoms with E-state index in [1.165, 1.54) is 6.42 Å². The number of hydrogen-bond acceptors (Lipinski definition) is 4. The highest BCUT2D eigenvalue weighted by Crippen LogP contribution is 2.20. The Morgan fingerprint density at radius 1 is 1.19 bits per heavy atom. The Hall–Kier alpha value is -0.650. The van der Waals surface area contributed by atoms with Gasteiger partial charge in [0.05, 0.1) is 0 Å². The predicted octanol–water partition coefficient (Wildman–Crippen LogP) is 3.08. The van der Waals surface area contributed by atoms with Crippen molar-refractivity contribution in [3.8, 4) is 0 Å². The Balaban J connectivity index is 2.24. The fourth-order valence-corrected chi connectivity index (χ4v) is 4.33. The van der Waals surface area contributed by atoms with E-state index in [4.69, 9.17) is 0 Å². The van der Waals surface area contributed by atoms with Gasteiger partial charge in [-0.1, -0.05) is 27.7 Å². The number of nitrogens with zero attached hydrogens (tertiary/aromatic N) is 2. The van der Waals surface area contributed by atoms with E-state index in [0.717, 1.165) is 63.8 Å². The Labute approximate surface area is 161 Å². The zero-order valence-corrected chi connectivity index (χ0v) is 17.8. The number of nitrogens with one attached hydrogen (secondary N) is 1. The first-order valence-electron chi connectivity index (χ1n) is 10.8. The molecule has 0 radical (unpaired) electrons. The Morgan fingerprint density at radius 2 is 1.77 bits per heavy atom. The molecule has 26 heavy (non-hydrogen) atoms. The predicted molar refractivity (Wildman–Crippen MR) is 109 cm³/mol. The van der Waals surface area contributed by atoms with Crippen molar-refractivity contribution in [1.29, 1.82) is 0 Å². The van der Waals surface area contributed by atoms with E-state index in [9.17, 15) is 9.90 Å². The molecule has 5 heteroatoms. The first-order chi connectivity index (χ1) is 12.3. The highest BCUT2D eigenvalue weighted by molar-refractivity contribution is 5.76. The zero-order chi connectivity index (χ0) is 19.5. The second-order valence-electron chi connectivity index (χ2n) is 8.54. The third-order valence-electron chi connectivity index (χ3n) is 5.19. The third kappa shape index (κ3) is 9.33. The van der Waals surface area contributed by atoms with Crippen LogP contribution in [-0.4, -0.2) is 65.8 Å². The lowest BCUT2D eigenvalue weighted by molar-refractivity contribution is -0.122. The van der Waals surface area contributed by atoms with Crippen molar-refractivity contribution < 1.29 is 9.90 Å². The van der Waals surface area contributed by atoms with E-state index >= 15 is 0 Å². The summed E-state index contributed by atoms with van der Waals surface area (Å²) >= 11 is 0. The van der Waals surface area contributed by atoms with Crippen LogP contribution < -0.4 is 5.32 Å². The SMILES string of the molecule is CCCN(CCC)C(O)CCCC(=O)NC(C)CN1CC(C)CC(C)C1. The number of carbonyl (C=O) groups is 1. The monoisotopic (exact) mass is 369 g/mol. The minimum absolute atomic E-state index is 0.111. The number of carbonyl (C=O) groups excluding carboxylic acids is 1. The summed E-state index contributed by atoms with van der Waals surface area (Å²) in [5.74, 6) is 1.61. The zero-order valence-electron chi connectivity index (χ0n) is 17.8. The maximum atomic E-state index is 12.2. The van der Waals surface area contributed by atoms with Crippen molar-refractivity contribution in [1.82, 2.24) is 15.1 Å². The van der Waals surface area contributed by atoms with Crippen LogP contribution in [0.3, 0.4) is 0 Å². The molecule has 0 aromatic rings. The molecule has 1 saturated heterocycles. The van der Waals surface area contributed by atoms with Crippen LogP contribution in [0.4, 0.5) is 0 Å². The van der Waals surface area contributed by atoms with Crippen LogP contribution in [0.2, 0.25) is 0 Å². The van der Waals surface area contributed by atoms with Gasteiger partial charge in [0.25, 0.3) is 0 Å². The lowest BCUT2D eigenvalue weighted by Gasteiger charge is -2.36. The first-order valence-corrected chi connectivity index (χ1v) is 10.8. The van der Waals surface area contributed by atoms with Crippen molar-refractivity contribution >= 4 is 5.91 Å². The molecule has 0 aliphatic carbocycles. The van der Waals surface area contributed by atoms with Gasteiger partial charge in [-0.15, -0.1) is 0 Å². The lowest BCUT2D eigenvalue weighted by atomic mass is 9.92. The van der Waals surface area contributed by atoms with Crippen molar-refractivity contribution in [2.75, 3.05) is 32.7 Å². The Morgan fingerprint density at radius 3 is 2.31 bits per heavy atom. The molecule has 1 amide bonds.